The molecule has 1 N–H and O–H groups in total. The van der Waals surface area contributed by atoms with E-state index in [1.165, 1.54) is 4.90 Å². The van der Waals surface area contributed by atoms with Crippen LogP contribution in [0.4, 0.5) is 4.79 Å². The monoisotopic (exact) mass is 383 g/mol. The van der Waals surface area contributed by atoms with Gasteiger partial charge in [-0.1, -0.05) is 28.1 Å². The summed E-state index contributed by atoms with van der Waals surface area (Å²) in [5.74, 6) is -0.862. The van der Waals surface area contributed by atoms with Crippen LogP contribution in [0.1, 0.15) is 32.8 Å². The Hall–Kier alpha value is -1.56. The highest BCUT2D eigenvalue weighted by Gasteiger charge is 2.41. The lowest BCUT2D eigenvalue weighted by Crippen LogP contribution is -2.43. The van der Waals surface area contributed by atoms with Gasteiger partial charge in [0.1, 0.15) is 11.6 Å². The van der Waals surface area contributed by atoms with Crippen molar-refractivity contribution in [1.29, 1.82) is 0 Å². The third-order valence-electron chi connectivity index (χ3n) is 3.74. The van der Waals surface area contributed by atoms with Gasteiger partial charge in [-0.25, -0.2) is 9.59 Å². The average molecular weight is 384 g/mol. The minimum Gasteiger partial charge on any atom is -0.480 e. The number of carbonyl (C=O) groups is 2. The lowest BCUT2D eigenvalue weighted by Gasteiger charge is -2.26. The molecule has 1 aromatic rings. The van der Waals surface area contributed by atoms with Crippen LogP contribution in [0.2, 0.25) is 0 Å². The summed E-state index contributed by atoms with van der Waals surface area (Å²) in [5.41, 5.74) is 0.498. The summed E-state index contributed by atoms with van der Waals surface area (Å²) in [6.07, 6.45) is 0.643. The zero-order valence-electron chi connectivity index (χ0n) is 13.6. The third-order valence-corrected chi connectivity index (χ3v) is 4.27. The fourth-order valence-electron chi connectivity index (χ4n) is 2.78. The van der Waals surface area contributed by atoms with Crippen LogP contribution in [0.25, 0.3) is 0 Å². The summed E-state index contributed by atoms with van der Waals surface area (Å²) in [5, 5.41) is 9.40. The number of carboxylic acids is 1. The lowest BCUT2D eigenvalue weighted by atomic mass is 9.97. The second kappa shape index (κ2) is 6.91. The van der Waals surface area contributed by atoms with Crippen molar-refractivity contribution in [3.63, 3.8) is 0 Å². The highest BCUT2D eigenvalue weighted by atomic mass is 79.9. The summed E-state index contributed by atoms with van der Waals surface area (Å²) in [6.45, 7) is 5.73. The van der Waals surface area contributed by atoms with Gasteiger partial charge in [-0.05, 0) is 57.2 Å². The number of halogens is 1. The molecule has 1 amide bonds. The molecule has 1 heterocycles. The second-order valence-electron chi connectivity index (χ2n) is 6.92. The van der Waals surface area contributed by atoms with Gasteiger partial charge in [-0.3, -0.25) is 4.90 Å². The fourth-order valence-corrected chi connectivity index (χ4v) is 3.05. The van der Waals surface area contributed by atoms with Gasteiger partial charge in [0.2, 0.25) is 0 Å². The third kappa shape index (κ3) is 4.96. The molecule has 6 heteroatoms. The van der Waals surface area contributed by atoms with Gasteiger partial charge in [-0.2, -0.15) is 0 Å². The van der Waals surface area contributed by atoms with Crippen molar-refractivity contribution >= 4 is 28.0 Å². The van der Waals surface area contributed by atoms with E-state index in [9.17, 15) is 14.7 Å². The van der Waals surface area contributed by atoms with Crippen molar-refractivity contribution in [2.24, 2.45) is 5.92 Å². The van der Waals surface area contributed by atoms with E-state index >= 15 is 0 Å². The number of amides is 1. The number of aliphatic carboxylic acids is 1. The molecule has 0 aromatic heterocycles. The minimum absolute atomic E-state index is 0.116. The van der Waals surface area contributed by atoms with Crippen molar-refractivity contribution in [3.8, 4) is 0 Å². The summed E-state index contributed by atoms with van der Waals surface area (Å²) in [6, 6.07) is 7.13. The van der Waals surface area contributed by atoms with Crippen LogP contribution in [-0.4, -0.2) is 40.3 Å². The Balaban J connectivity index is 2.06. The average Bonchev–Trinajstić information content (AvgIpc) is 2.84. The fraction of sp³-hybridized carbons (Fsp3) is 0.529. The molecule has 126 valence electrons. The van der Waals surface area contributed by atoms with Crippen LogP contribution in [0.3, 0.4) is 0 Å². The number of hydrogen-bond acceptors (Lipinski definition) is 3. The van der Waals surface area contributed by atoms with Crippen molar-refractivity contribution in [1.82, 2.24) is 4.90 Å². The van der Waals surface area contributed by atoms with E-state index in [-0.39, 0.29) is 5.92 Å². The van der Waals surface area contributed by atoms with E-state index < -0.39 is 23.7 Å². The summed E-state index contributed by atoms with van der Waals surface area (Å²) < 4.78 is 6.34. The topological polar surface area (TPSA) is 66.8 Å². The molecule has 1 aromatic carbocycles. The van der Waals surface area contributed by atoms with Crippen molar-refractivity contribution in [2.45, 2.75) is 45.3 Å². The molecular weight excluding hydrogens is 362 g/mol. The molecule has 5 nitrogen and oxygen atoms in total. The molecule has 0 spiro atoms. The maximum atomic E-state index is 12.3. The number of nitrogens with zero attached hydrogens (tertiary/aromatic N) is 1. The summed E-state index contributed by atoms with van der Waals surface area (Å²) in [4.78, 5) is 25.1. The van der Waals surface area contributed by atoms with Crippen LogP contribution in [0, 0.1) is 5.92 Å². The number of carboxylic acid groups (broad SMARTS) is 1. The van der Waals surface area contributed by atoms with Crippen LogP contribution in [-0.2, 0) is 16.0 Å². The molecule has 0 saturated carbocycles. The van der Waals surface area contributed by atoms with E-state index in [0.29, 0.717) is 13.0 Å². The predicted molar refractivity (Wildman–Crippen MR) is 90.3 cm³/mol. The van der Waals surface area contributed by atoms with Gasteiger partial charge in [0.15, 0.2) is 0 Å². The molecule has 2 atom stereocenters. The quantitative estimate of drug-likeness (QED) is 0.863. The van der Waals surface area contributed by atoms with Crippen LogP contribution in [0.5, 0.6) is 0 Å². The summed E-state index contributed by atoms with van der Waals surface area (Å²) >= 11 is 3.40. The first-order chi connectivity index (χ1) is 10.7. The van der Waals surface area contributed by atoms with E-state index in [4.69, 9.17) is 4.74 Å². The first-order valence-corrected chi connectivity index (χ1v) is 8.42. The number of ether oxygens (including phenoxy) is 1. The van der Waals surface area contributed by atoms with Crippen molar-refractivity contribution < 1.29 is 19.4 Å². The van der Waals surface area contributed by atoms with E-state index in [2.05, 4.69) is 15.9 Å². The molecular formula is C17H22BrNO4. The Morgan fingerprint density at radius 2 is 1.91 bits per heavy atom. The van der Waals surface area contributed by atoms with E-state index in [0.717, 1.165) is 16.5 Å². The van der Waals surface area contributed by atoms with Gasteiger partial charge in [0, 0.05) is 11.0 Å². The zero-order chi connectivity index (χ0) is 17.2. The SMILES string of the molecule is CC(C)(C)OC(=O)N1C[C@@H](Cc2ccc(Br)cc2)C[C@H]1C(=O)O. The maximum Gasteiger partial charge on any atom is 0.411 e. The Morgan fingerprint density at radius 1 is 1.30 bits per heavy atom. The summed E-state index contributed by atoms with van der Waals surface area (Å²) in [7, 11) is 0. The smallest absolute Gasteiger partial charge is 0.411 e. The van der Waals surface area contributed by atoms with E-state index in [1.807, 2.05) is 24.3 Å². The van der Waals surface area contributed by atoms with Gasteiger partial charge < -0.3 is 9.84 Å². The molecule has 0 radical (unpaired) electrons. The number of likely N-dealkylation sites (tertiary alicyclic amines) is 1. The first-order valence-electron chi connectivity index (χ1n) is 7.62. The molecule has 0 unspecified atom stereocenters. The highest BCUT2D eigenvalue weighted by molar-refractivity contribution is 9.10. The number of carbonyl (C=O) groups excluding carboxylic acids is 1. The Kier molecular flexibility index (Phi) is 5.34. The zero-order valence-corrected chi connectivity index (χ0v) is 15.2. The van der Waals surface area contributed by atoms with Gasteiger partial charge >= 0.3 is 12.1 Å². The molecule has 1 saturated heterocycles. The number of benzene rings is 1. The predicted octanol–water partition coefficient (Wildman–Crippen LogP) is 3.70. The molecule has 1 aliphatic heterocycles. The molecule has 0 aliphatic carbocycles. The maximum absolute atomic E-state index is 12.3. The largest absolute Gasteiger partial charge is 0.480 e. The first kappa shape index (κ1) is 17.8. The standard InChI is InChI=1S/C17H22BrNO4/c1-17(2,3)23-16(22)19-10-12(9-14(19)15(20)21)8-11-4-6-13(18)7-5-11/h4-7,12,14H,8-10H2,1-3H3,(H,20,21)/t12-,14-/m0/s1. The van der Waals surface area contributed by atoms with Crippen LogP contribution in [0.15, 0.2) is 28.7 Å². The van der Waals surface area contributed by atoms with Gasteiger partial charge in [0.05, 0.1) is 0 Å². The molecule has 23 heavy (non-hydrogen) atoms. The van der Waals surface area contributed by atoms with Crippen LogP contribution < -0.4 is 0 Å². The number of rotatable bonds is 3. The normalized spacial score (nSPS) is 21.3. The lowest BCUT2D eigenvalue weighted by molar-refractivity contribution is -0.142. The van der Waals surface area contributed by atoms with Crippen molar-refractivity contribution in [2.75, 3.05) is 6.54 Å². The van der Waals surface area contributed by atoms with Gasteiger partial charge in [0.25, 0.3) is 0 Å². The highest BCUT2D eigenvalue weighted by Crippen LogP contribution is 2.28. The Bertz CT molecular complexity index is 579. The Morgan fingerprint density at radius 3 is 2.43 bits per heavy atom. The van der Waals surface area contributed by atoms with E-state index in [1.54, 1.807) is 20.8 Å². The van der Waals surface area contributed by atoms with Gasteiger partial charge in [-0.15, -0.1) is 0 Å². The second-order valence-corrected chi connectivity index (χ2v) is 7.83. The minimum atomic E-state index is -0.978. The molecule has 0 bridgehead atoms. The molecule has 1 aliphatic rings. The van der Waals surface area contributed by atoms with Crippen molar-refractivity contribution in [3.05, 3.63) is 34.3 Å². The number of hydrogen-bond donors (Lipinski definition) is 1. The van der Waals surface area contributed by atoms with Crippen LogP contribution >= 0.6 is 15.9 Å². The Labute approximate surface area is 144 Å². The molecule has 1 fully saturated rings. The molecule has 2 rings (SSSR count).